The first-order chi connectivity index (χ1) is 11.5. The van der Waals surface area contributed by atoms with E-state index in [-0.39, 0.29) is 6.04 Å². The molecule has 0 unspecified atom stereocenters. The van der Waals surface area contributed by atoms with Gasteiger partial charge in [-0.3, -0.25) is 0 Å². The zero-order valence-electron chi connectivity index (χ0n) is 14.2. The van der Waals surface area contributed by atoms with Crippen molar-refractivity contribution in [2.45, 2.75) is 43.7 Å². The third kappa shape index (κ3) is 3.69. The summed E-state index contributed by atoms with van der Waals surface area (Å²) in [6.45, 7) is 2.77. The molecule has 2 aromatic rings. The van der Waals surface area contributed by atoms with Crippen LogP contribution in [0.25, 0.3) is 0 Å². The van der Waals surface area contributed by atoms with Crippen LogP contribution in [0.15, 0.2) is 47.4 Å². The molecular weight excluding hydrogens is 320 g/mol. The van der Waals surface area contributed by atoms with Crippen LogP contribution in [0, 0.1) is 0 Å². The zero-order valence-corrected chi connectivity index (χ0v) is 15.0. The minimum Gasteiger partial charge on any atom is -0.306 e. The largest absolute Gasteiger partial charge is 0.306 e. The third-order valence-electron chi connectivity index (χ3n) is 4.71. The van der Waals surface area contributed by atoms with Gasteiger partial charge in [0, 0.05) is 12.6 Å². The van der Waals surface area contributed by atoms with E-state index in [1.165, 1.54) is 43.0 Å². The average Bonchev–Trinajstić information content (AvgIpc) is 3.07. The van der Waals surface area contributed by atoms with Gasteiger partial charge in [0.05, 0.1) is 4.90 Å². The number of hydrogen-bond donors (Lipinski definition) is 2. The maximum Gasteiger partial charge on any atom is 0.240 e. The molecule has 0 bridgehead atoms. The van der Waals surface area contributed by atoms with Crippen LogP contribution < -0.4 is 10.0 Å². The van der Waals surface area contributed by atoms with Gasteiger partial charge in [0.1, 0.15) is 0 Å². The molecule has 0 saturated carbocycles. The van der Waals surface area contributed by atoms with Crippen molar-refractivity contribution in [1.29, 1.82) is 0 Å². The quantitative estimate of drug-likeness (QED) is 0.847. The molecule has 128 valence electrons. The number of sulfonamides is 1. The number of hydrogen-bond acceptors (Lipinski definition) is 3. The molecule has 24 heavy (non-hydrogen) atoms. The second-order valence-corrected chi connectivity index (χ2v) is 8.23. The van der Waals surface area contributed by atoms with E-state index in [1.807, 2.05) is 6.07 Å². The summed E-state index contributed by atoms with van der Waals surface area (Å²) < 4.78 is 26.1. The number of rotatable bonds is 6. The molecule has 0 amide bonds. The lowest BCUT2D eigenvalue weighted by molar-refractivity contribution is 0.572. The number of benzene rings is 2. The lowest BCUT2D eigenvalue weighted by atomic mass is 10.0. The van der Waals surface area contributed by atoms with Crippen LogP contribution in [0.4, 0.5) is 0 Å². The average molecular weight is 344 g/mol. The van der Waals surface area contributed by atoms with Gasteiger partial charge in [-0.15, -0.1) is 0 Å². The van der Waals surface area contributed by atoms with Crippen LogP contribution in [0.1, 0.15) is 41.6 Å². The molecule has 0 spiro atoms. The van der Waals surface area contributed by atoms with Gasteiger partial charge in [-0.25, -0.2) is 13.1 Å². The molecule has 5 heteroatoms. The van der Waals surface area contributed by atoms with Gasteiger partial charge in [0.15, 0.2) is 0 Å². The number of fused-ring (bicyclic) bond motifs is 1. The highest BCUT2D eigenvalue weighted by atomic mass is 32.2. The van der Waals surface area contributed by atoms with Gasteiger partial charge in [-0.1, -0.05) is 30.3 Å². The molecule has 0 aliphatic heterocycles. The molecule has 0 heterocycles. The van der Waals surface area contributed by atoms with E-state index in [4.69, 9.17) is 0 Å². The monoisotopic (exact) mass is 344 g/mol. The van der Waals surface area contributed by atoms with Crippen molar-refractivity contribution in [1.82, 2.24) is 10.0 Å². The van der Waals surface area contributed by atoms with Gasteiger partial charge < -0.3 is 5.32 Å². The van der Waals surface area contributed by atoms with Crippen LogP contribution in [-0.4, -0.2) is 15.5 Å². The fourth-order valence-corrected chi connectivity index (χ4v) is 3.99. The fourth-order valence-electron chi connectivity index (χ4n) is 3.19. The Kier molecular flexibility index (Phi) is 5.04. The van der Waals surface area contributed by atoms with Gasteiger partial charge in [-0.05, 0) is 67.6 Å². The molecule has 0 aromatic heterocycles. The van der Waals surface area contributed by atoms with Crippen molar-refractivity contribution in [2.75, 3.05) is 7.05 Å². The maximum absolute atomic E-state index is 11.9. The molecule has 1 atom stereocenters. The third-order valence-corrected chi connectivity index (χ3v) is 6.12. The molecule has 3 rings (SSSR count). The summed E-state index contributed by atoms with van der Waals surface area (Å²) >= 11 is 0. The standard InChI is InChI=1S/C19H24N2O2S/c1-14(17-10-9-16-6-4-7-18(16)12-17)21-13-15-5-3-8-19(11-15)24(22,23)20-2/h3,5,8-12,14,20-21H,4,6-7,13H2,1-2H3/t14-/m1/s1. The van der Waals surface area contributed by atoms with Crippen molar-refractivity contribution in [3.8, 4) is 0 Å². The van der Waals surface area contributed by atoms with Crippen LogP contribution in [0.2, 0.25) is 0 Å². The van der Waals surface area contributed by atoms with E-state index in [0.29, 0.717) is 11.4 Å². The van der Waals surface area contributed by atoms with Crippen LogP contribution in [-0.2, 0) is 29.4 Å². The Labute approximate surface area is 144 Å². The highest BCUT2D eigenvalue weighted by Crippen LogP contribution is 2.25. The minimum atomic E-state index is -3.40. The molecule has 0 fully saturated rings. The van der Waals surface area contributed by atoms with Gasteiger partial charge in [-0.2, -0.15) is 0 Å². The van der Waals surface area contributed by atoms with Crippen molar-refractivity contribution in [3.05, 3.63) is 64.7 Å². The summed E-state index contributed by atoms with van der Waals surface area (Å²) in [5.74, 6) is 0. The molecular formula is C19H24N2O2S. The summed E-state index contributed by atoms with van der Waals surface area (Å²) in [6.07, 6.45) is 3.64. The Morgan fingerprint density at radius 2 is 1.88 bits per heavy atom. The van der Waals surface area contributed by atoms with E-state index >= 15 is 0 Å². The number of nitrogens with one attached hydrogen (secondary N) is 2. The Bertz CT molecular complexity index is 831. The van der Waals surface area contributed by atoms with Crippen molar-refractivity contribution >= 4 is 10.0 Å². The maximum atomic E-state index is 11.9. The predicted molar refractivity (Wildman–Crippen MR) is 96.4 cm³/mol. The highest BCUT2D eigenvalue weighted by Gasteiger charge is 2.14. The topological polar surface area (TPSA) is 58.2 Å². The molecule has 0 saturated heterocycles. The van der Waals surface area contributed by atoms with E-state index < -0.39 is 10.0 Å². The Morgan fingerprint density at radius 3 is 2.67 bits per heavy atom. The van der Waals surface area contributed by atoms with Crippen molar-refractivity contribution in [3.63, 3.8) is 0 Å². The van der Waals surface area contributed by atoms with E-state index in [2.05, 4.69) is 35.2 Å². The molecule has 2 N–H and O–H groups in total. The first-order valence-electron chi connectivity index (χ1n) is 8.37. The highest BCUT2D eigenvalue weighted by molar-refractivity contribution is 7.89. The predicted octanol–water partition coefficient (Wildman–Crippen LogP) is 2.93. The first-order valence-corrected chi connectivity index (χ1v) is 9.85. The zero-order chi connectivity index (χ0) is 17.2. The molecule has 4 nitrogen and oxygen atoms in total. The minimum absolute atomic E-state index is 0.223. The molecule has 1 aliphatic rings. The summed E-state index contributed by atoms with van der Waals surface area (Å²) in [7, 11) is -1.97. The molecule has 1 aliphatic carbocycles. The smallest absolute Gasteiger partial charge is 0.240 e. The van der Waals surface area contributed by atoms with Crippen LogP contribution in [0.3, 0.4) is 0 Å². The normalized spacial score (nSPS) is 15.2. The van der Waals surface area contributed by atoms with E-state index in [9.17, 15) is 8.42 Å². The van der Waals surface area contributed by atoms with E-state index in [0.717, 1.165) is 5.56 Å². The summed E-state index contributed by atoms with van der Waals surface area (Å²) in [4.78, 5) is 0.300. The van der Waals surface area contributed by atoms with Crippen molar-refractivity contribution in [2.24, 2.45) is 0 Å². The fraction of sp³-hybridized carbons (Fsp3) is 0.368. The van der Waals surface area contributed by atoms with Gasteiger partial charge in [0.25, 0.3) is 0 Å². The summed E-state index contributed by atoms with van der Waals surface area (Å²) in [5.41, 5.74) is 5.20. The lowest BCUT2D eigenvalue weighted by Crippen LogP contribution is -2.20. The van der Waals surface area contributed by atoms with Gasteiger partial charge in [0.2, 0.25) is 10.0 Å². The summed E-state index contributed by atoms with van der Waals surface area (Å²) in [6, 6.07) is 14.0. The van der Waals surface area contributed by atoms with Crippen molar-refractivity contribution < 1.29 is 8.42 Å². The second-order valence-electron chi connectivity index (χ2n) is 6.34. The van der Waals surface area contributed by atoms with E-state index in [1.54, 1.807) is 18.2 Å². The van der Waals surface area contributed by atoms with Gasteiger partial charge >= 0.3 is 0 Å². The Balaban J connectivity index is 1.68. The molecule has 2 aromatic carbocycles. The number of aryl methyl sites for hydroxylation is 2. The first kappa shape index (κ1) is 17.1. The SMILES string of the molecule is CNS(=O)(=O)c1cccc(CN[C@H](C)c2ccc3c(c2)CCC3)c1. The second kappa shape index (κ2) is 7.05. The lowest BCUT2D eigenvalue weighted by Gasteiger charge is -2.16. The van der Waals surface area contributed by atoms with Crippen LogP contribution in [0.5, 0.6) is 0 Å². The summed E-state index contributed by atoms with van der Waals surface area (Å²) in [5, 5.41) is 3.49. The molecule has 0 radical (unpaired) electrons. The van der Waals surface area contributed by atoms with Crippen LogP contribution >= 0.6 is 0 Å². The Morgan fingerprint density at radius 1 is 1.08 bits per heavy atom. The Hall–Kier alpha value is -1.69.